The molecular weight excluding hydrogens is 150 g/mol. The smallest absolute Gasteiger partial charge is 0.189 e. The Morgan fingerprint density at radius 1 is 1.83 bits per heavy atom. The van der Waals surface area contributed by atoms with Crippen LogP contribution in [0.25, 0.3) is 0 Å². The third-order valence-electron chi connectivity index (χ3n) is 1.78. The topological polar surface area (TPSA) is 50.4 Å². The van der Waals surface area contributed by atoms with Gasteiger partial charge in [0.2, 0.25) is 0 Å². The fourth-order valence-corrected chi connectivity index (χ4v) is 0.999. The lowest BCUT2D eigenvalue weighted by Gasteiger charge is -2.11. The first kappa shape index (κ1) is 9.10. The van der Waals surface area contributed by atoms with Crippen LogP contribution in [0.1, 0.15) is 26.2 Å². The molecule has 3 N–H and O–H groups in total. The Hall–Kier alpha value is -0.990. The van der Waals surface area contributed by atoms with E-state index in [1.807, 2.05) is 6.08 Å². The molecule has 0 aromatic heterocycles. The maximum atomic E-state index is 5.65. The molecule has 0 aliphatic heterocycles. The van der Waals surface area contributed by atoms with Crippen LogP contribution in [0.3, 0.4) is 0 Å². The Bertz CT molecular complexity index is 182. The first-order chi connectivity index (χ1) is 5.72. The van der Waals surface area contributed by atoms with Gasteiger partial charge in [0.05, 0.1) is 6.04 Å². The van der Waals surface area contributed by atoms with E-state index < -0.39 is 0 Å². The number of hydrogen-bond donors (Lipinski definition) is 2. The van der Waals surface area contributed by atoms with E-state index >= 15 is 0 Å². The Morgan fingerprint density at radius 3 is 3.00 bits per heavy atom. The van der Waals surface area contributed by atoms with Crippen LogP contribution in [0.2, 0.25) is 0 Å². The normalized spacial score (nSPS) is 20.2. The molecule has 0 aromatic rings. The van der Waals surface area contributed by atoms with Gasteiger partial charge in [0.1, 0.15) is 0 Å². The molecule has 1 aliphatic carbocycles. The molecule has 1 unspecified atom stereocenters. The van der Waals surface area contributed by atoms with Crippen LogP contribution in [-0.4, -0.2) is 18.0 Å². The fraction of sp³-hybridized carbons (Fsp3) is 0.667. The molecule has 3 nitrogen and oxygen atoms in total. The van der Waals surface area contributed by atoms with Crippen LogP contribution in [0.4, 0.5) is 0 Å². The minimum absolute atomic E-state index is 0.338. The molecule has 0 heterocycles. The van der Waals surface area contributed by atoms with Gasteiger partial charge in [-0.3, -0.25) is 4.99 Å². The van der Waals surface area contributed by atoms with E-state index in [9.17, 15) is 0 Å². The van der Waals surface area contributed by atoms with Gasteiger partial charge >= 0.3 is 0 Å². The average molecular weight is 167 g/mol. The molecule has 1 aliphatic rings. The zero-order chi connectivity index (χ0) is 8.97. The Labute approximate surface area is 73.7 Å². The van der Waals surface area contributed by atoms with Gasteiger partial charge in [-0.15, -0.1) is 6.58 Å². The summed E-state index contributed by atoms with van der Waals surface area (Å²) in [6, 6.07) is 0.832. The van der Waals surface area contributed by atoms with Gasteiger partial charge in [0.15, 0.2) is 5.96 Å². The molecular formula is C9H17N3. The average Bonchev–Trinajstić information content (AvgIpc) is 2.71. The standard InChI is InChI=1S/C9H17N3/c1-3-4-7(2)11-9(10)12-8-5-6-8/h3,7-8H,1,4-6H2,2H3,(H3,10,11,12). The molecule has 0 saturated heterocycles. The number of nitrogens with two attached hydrogens (primary N) is 1. The predicted octanol–water partition coefficient (Wildman–Crippen LogP) is 1.02. The van der Waals surface area contributed by atoms with Crippen molar-refractivity contribution < 1.29 is 0 Å². The molecule has 0 amide bonds. The molecule has 3 heteroatoms. The number of nitrogens with one attached hydrogen (secondary N) is 1. The quantitative estimate of drug-likeness (QED) is 0.373. The lowest BCUT2D eigenvalue weighted by Crippen LogP contribution is -2.38. The number of hydrogen-bond acceptors (Lipinski definition) is 1. The second-order valence-corrected chi connectivity index (χ2v) is 3.32. The number of nitrogens with zero attached hydrogens (tertiary/aromatic N) is 1. The van der Waals surface area contributed by atoms with Gasteiger partial charge in [-0.25, -0.2) is 0 Å². The fourth-order valence-electron chi connectivity index (χ4n) is 0.999. The molecule has 0 aromatic carbocycles. The van der Waals surface area contributed by atoms with E-state index in [1.165, 1.54) is 12.8 Å². The van der Waals surface area contributed by atoms with E-state index in [0.29, 0.717) is 18.0 Å². The molecule has 0 bridgehead atoms. The van der Waals surface area contributed by atoms with Crippen LogP contribution >= 0.6 is 0 Å². The van der Waals surface area contributed by atoms with Crippen molar-refractivity contribution in [3.05, 3.63) is 12.7 Å². The zero-order valence-electron chi connectivity index (χ0n) is 7.59. The van der Waals surface area contributed by atoms with Gasteiger partial charge in [-0.05, 0) is 26.2 Å². The van der Waals surface area contributed by atoms with Crippen LogP contribution in [0.15, 0.2) is 17.6 Å². The largest absolute Gasteiger partial charge is 0.370 e. The second kappa shape index (κ2) is 4.14. The van der Waals surface area contributed by atoms with Crippen molar-refractivity contribution in [2.24, 2.45) is 10.7 Å². The molecule has 1 saturated carbocycles. The molecule has 1 fully saturated rings. The van der Waals surface area contributed by atoms with Crippen molar-refractivity contribution in [2.75, 3.05) is 0 Å². The highest BCUT2D eigenvalue weighted by molar-refractivity contribution is 5.78. The lowest BCUT2D eigenvalue weighted by atomic mass is 10.2. The van der Waals surface area contributed by atoms with Gasteiger partial charge in [-0.2, -0.15) is 0 Å². The minimum Gasteiger partial charge on any atom is -0.370 e. The zero-order valence-corrected chi connectivity index (χ0v) is 7.59. The molecule has 12 heavy (non-hydrogen) atoms. The van der Waals surface area contributed by atoms with Gasteiger partial charge in [-0.1, -0.05) is 6.08 Å². The van der Waals surface area contributed by atoms with Crippen molar-refractivity contribution in [1.82, 2.24) is 5.32 Å². The Balaban J connectivity index is 2.23. The second-order valence-electron chi connectivity index (χ2n) is 3.32. The van der Waals surface area contributed by atoms with E-state index in [4.69, 9.17) is 5.73 Å². The molecule has 1 rings (SSSR count). The minimum atomic E-state index is 0.338. The summed E-state index contributed by atoms with van der Waals surface area (Å²) in [5.41, 5.74) is 5.65. The highest BCUT2D eigenvalue weighted by atomic mass is 15.1. The van der Waals surface area contributed by atoms with Gasteiger partial charge in [0, 0.05) is 6.04 Å². The summed E-state index contributed by atoms with van der Waals surface area (Å²) in [5.74, 6) is 0.576. The predicted molar refractivity (Wildman–Crippen MR) is 52.1 cm³/mol. The summed E-state index contributed by atoms with van der Waals surface area (Å²) >= 11 is 0. The van der Waals surface area contributed by atoms with Gasteiger partial charge in [0.25, 0.3) is 0 Å². The number of aliphatic imine (C=N–C) groups is 1. The maximum Gasteiger partial charge on any atom is 0.189 e. The lowest BCUT2D eigenvalue weighted by molar-refractivity contribution is 0.668. The Morgan fingerprint density at radius 2 is 2.50 bits per heavy atom. The summed E-state index contributed by atoms with van der Waals surface area (Å²) in [7, 11) is 0. The van der Waals surface area contributed by atoms with Crippen molar-refractivity contribution in [3.63, 3.8) is 0 Å². The summed E-state index contributed by atoms with van der Waals surface area (Å²) in [5, 5.41) is 3.11. The first-order valence-corrected chi connectivity index (χ1v) is 4.43. The van der Waals surface area contributed by atoms with Crippen LogP contribution in [0.5, 0.6) is 0 Å². The SMILES string of the molecule is C=CCC(C)NC(N)=NC1CC1. The van der Waals surface area contributed by atoms with E-state index in [-0.39, 0.29) is 0 Å². The number of rotatable bonds is 4. The molecule has 68 valence electrons. The van der Waals surface area contributed by atoms with Crippen molar-refractivity contribution >= 4 is 5.96 Å². The summed E-state index contributed by atoms with van der Waals surface area (Å²) in [4.78, 5) is 4.26. The molecule has 0 spiro atoms. The first-order valence-electron chi connectivity index (χ1n) is 4.43. The van der Waals surface area contributed by atoms with Crippen LogP contribution in [0, 0.1) is 0 Å². The molecule has 0 radical (unpaired) electrons. The van der Waals surface area contributed by atoms with Crippen molar-refractivity contribution in [2.45, 2.75) is 38.3 Å². The summed E-state index contributed by atoms with van der Waals surface area (Å²) in [6.45, 7) is 5.73. The van der Waals surface area contributed by atoms with E-state index in [0.717, 1.165) is 6.42 Å². The van der Waals surface area contributed by atoms with Crippen molar-refractivity contribution in [3.8, 4) is 0 Å². The monoisotopic (exact) mass is 167 g/mol. The highest BCUT2D eigenvalue weighted by Gasteiger charge is 2.20. The van der Waals surface area contributed by atoms with E-state index in [1.54, 1.807) is 0 Å². The summed E-state index contributed by atoms with van der Waals surface area (Å²) in [6.07, 6.45) is 5.18. The van der Waals surface area contributed by atoms with Gasteiger partial charge < -0.3 is 11.1 Å². The highest BCUT2D eigenvalue weighted by Crippen LogP contribution is 2.22. The van der Waals surface area contributed by atoms with Crippen LogP contribution < -0.4 is 11.1 Å². The van der Waals surface area contributed by atoms with Crippen LogP contribution in [-0.2, 0) is 0 Å². The Kier molecular flexibility index (Phi) is 3.14. The summed E-state index contributed by atoms with van der Waals surface area (Å²) < 4.78 is 0. The van der Waals surface area contributed by atoms with Crippen molar-refractivity contribution in [1.29, 1.82) is 0 Å². The third-order valence-corrected chi connectivity index (χ3v) is 1.78. The van der Waals surface area contributed by atoms with E-state index in [2.05, 4.69) is 23.8 Å². The molecule has 1 atom stereocenters. The maximum absolute atomic E-state index is 5.65. The number of guanidine groups is 1. The third kappa shape index (κ3) is 3.42.